The molecule has 3 heteroatoms. The molecule has 0 bridgehead atoms. The Labute approximate surface area is 171 Å². The Morgan fingerprint density at radius 3 is 1.26 bits per heavy atom. The van der Waals surface area contributed by atoms with E-state index in [0.29, 0.717) is 0 Å². The Morgan fingerprint density at radius 2 is 0.889 bits per heavy atom. The summed E-state index contributed by atoms with van der Waals surface area (Å²) in [6.07, 6.45) is 0. The summed E-state index contributed by atoms with van der Waals surface area (Å²) in [5.41, 5.74) is 2.61. The van der Waals surface area contributed by atoms with Crippen molar-refractivity contribution in [3.05, 3.63) is 72.8 Å². The topological polar surface area (TPSA) is 6.48 Å². The summed E-state index contributed by atoms with van der Waals surface area (Å²) in [5.74, 6) is 0. The molecule has 0 heterocycles. The van der Waals surface area contributed by atoms with Crippen LogP contribution in [-0.2, 0) is 0 Å². The molecule has 0 amide bonds. The second-order valence-corrected chi connectivity index (χ2v) is 10.2. The van der Waals surface area contributed by atoms with Gasteiger partial charge in [0.25, 0.3) is 0 Å². The van der Waals surface area contributed by atoms with Gasteiger partial charge in [0.2, 0.25) is 0 Å². The van der Waals surface area contributed by atoms with Crippen molar-refractivity contribution in [3.63, 3.8) is 0 Å². The number of rotatable bonds is 4. The fraction of sp³-hybridized carbons (Fsp3) is 0.167. The summed E-state index contributed by atoms with van der Waals surface area (Å²) in [7, 11) is 8.53. The Kier molecular flexibility index (Phi) is 5.00. The molecule has 0 aliphatic heterocycles. The second kappa shape index (κ2) is 7.43. The van der Waals surface area contributed by atoms with E-state index in [1.54, 1.807) is 0 Å². The maximum absolute atomic E-state index is 2.33. The van der Waals surface area contributed by atoms with Gasteiger partial charge in [-0.05, 0) is 0 Å². The number of benzene rings is 4. The van der Waals surface area contributed by atoms with Crippen molar-refractivity contribution in [1.82, 2.24) is 0 Å². The van der Waals surface area contributed by atoms with Gasteiger partial charge in [0, 0.05) is 0 Å². The van der Waals surface area contributed by atoms with Crippen molar-refractivity contribution in [3.8, 4) is 0 Å². The van der Waals surface area contributed by atoms with Crippen LogP contribution in [0.1, 0.15) is 0 Å². The summed E-state index contributed by atoms with van der Waals surface area (Å²) in [6, 6.07) is 26.8. The second-order valence-electron chi connectivity index (χ2n) is 7.15. The molecule has 0 saturated heterocycles. The predicted molar refractivity (Wildman–Crippen MR) is 122 cm³/mol. The standard InChI is InChI=1S/C24H24N2Te/c1-25(2)19-13-5-9-17-11-7-15-21(23(17)19)27-22-16-8-12-18-10-6-14-20(24(18)22)26(3)4/h5-16H,1-4H3. The molecule has 0 aromatic heterocycles. The zero-order valence-electron chi connectivity index (χ0n) is 16.2. The first kappa shape index (κ1) is 18.2. The van der Waals surface area contributed by atoms with Gasteiger partial charge in [-0.25, -0.2) is 0 Å². The average molecular weight is 468 g/mol. The molecule has 0 aliphatic rings. The third-order valence-corrected chi connectivity index (χ3v) is 8.07. The van der Waals surface area contributed by atoms with Crippen molar-refractivity contribution in [2.45, 2.75) is 0 Å². The van der Waals surface area contributed by atoms with Crippen molar-refractivity contribution in [2.24, 2.45) is 0 Å². The van der Waals surface area contributed by atoms with Gasteiger partial charge in [-0.1, -0.05) is 0 Å². The first-order chi connectivity index (χ1) is 13.1. The third-order valence-electron chi connectivity index (χ3n) is 4.87. The molecule has 0 N–H and O–H groups in total. The number of fused-ring (bicyclic) bond motifs is 2. The van der Waals surface area contributed by atoms with Crippen molar-refractivity contribution >= 4 is 61.1 Å². The van der Waals surface area contributed by atoms with E-state index in [1.165, 1.54) is 40.1 Å². The van der Waals surface area contributed by atoms with Crippen LogP contribution in [0.25, 0.3) is 21.5 Å². The fourth-order valence-electron chi connectivity index (χ4n) is 3.61. The molecule has 0 spiro atoms. The first-order valence-electron chi connectivity index (χ1n) is 9.12. The molecule has 0 aliphatic carbocycles. The molecular weight excluding hydrogens is 444 g/mol. The van der Waals surface area contributed by atoms with Gasteiger partial charge in [-0.3, -0.25) is 0 Å². The van der Waals surface area contributed by atoms with Crippen LogP contribution >= 0.6 is 0 Å². The molecule has 0 fully saturated rings. The SMILES string of the molecule is CN(C)c1cccc2cccc([Te]c3cccc4cccc(N(C)C)c34)c12. The van der Waals surface area contributed by atoms with E-state index >= 15 is 0 Å². The first-order valence-corrected chi connectivity index (χ1v) is 11.5. The molecule has 0 radical (unpaired) electrons. The minimum absolute atomic E-state index is 0.538. The van der Waals surface area contributed by atoms with Gasteiger partial charge in [0.05, 0.1) is 0 Å². The van der Waals surface area contributed by atoms with E-state index < -0.39 is 20.9 Å². The van der Waals surface area contributed by atoms with Gasteiger partial charge < -0.3 is 0 Å². The molecular formula is C24H24N2Te. The fourth-order valence-corrected chi connectivity index (χ4v) is 6.97. The molecule has 4 aromatic rings. The summed E-state index contributed by atoms with van der Waals surface area (Å²) in [4.78, 5) is 4.46. The van der Waals surface area contributed by atoms with Crippen LogP contribution in [0.15, 0.2) is 72.8 Å². The summed E-state index contributed by atoms with van der Waals surface area (Å²) >= 11 is -0.538. The molecule has 4 rings (SSSR count). The Hall–Kier alpha value is -2.21. The Bertz CT molecular complexity index is 1020. The van der Waals surface area contributed by atoms with Gasteiger partial charge in [-0.15, -0.1) is 0 Å². The normalized spacial score (nSPS) is 11.1. The van der Waals surface area contributed by atoms with Crippen LogP contribution in [0.3, 0.4) is 0 Å². The van der Waals surface area contributed by atoms with Crippen LogP contribution < -0.4 is 17.0 Å². The Morgan fingerprint density at radius 1 is 0.519 bits per heavy atom. The van der Waals surface area contributed by atoms with Gasteiger partial charge >= 0.3 is 172 Å². The zero-order valence-corrected chi connectivity index (χ0v) is 18.6. The monoisotopic (exact) mass is 470 g/mol. The van der Waals surface area contributed by atoms with Gasteiger partial charge in [-0.2, -0.15) is 0 Å². The quantitative estimate of drug-likeness (QED) is 0.421. The predicted octanol–water partition coefficient (Wildman–Crippen LogP) is 3.78. The minimum atomic E-state index is -0.538. The molecule has 2 nitrogen and oxygen atoms in total. The average Bonchev–Trinajstić information content (AvgIpc) is 2.67. The number of nitrogens with zero attached hydrogens (tertiary/aromatic N) is 2. The van der Waals surface area contributed by atoms with Crippen molar-refractivity contribution < 1.29 is 0 Å². The van der Waals surface area contributed by atoms with Crippen LogP contribution in [0.5, 0.6) is 0 Å². The molecule has 0 saturated carbocycles. The van der Waals surface area contributed by atoms with Crippen LogP contribution in [-0.4, -0.2) is 49.1 Å². The number of anilines is 2. The molecule has 136 valence electrons. The molecule has 0 atom stereocenters. The van der Waals surface area contributed by atoms with Crippen LogP contribution in [0, 0.1) is 0 Å². The van der Waals surface area contributed by atoms with Crippen molar-refractivity contribution in [2.75, 3.05) is 38.0 Å². The number of hydrogen-bond donors (Lipinski definition) is 0. The third kappa shape index (κ3) is 3.38. The summed E-state index contributed by atoms with van der Waals surface area (Å²) < 4.78 is 3.01. The Balaban J connectivity index is 1.94. The number of hydrogen-bond acceptors (Lipinski definition) is 2. The van der Waals surface area contributed by atoms with E-state index in [4.69, 9.17) is 0 Å². The van der Waals surface area contributed by atoms with Crippen LogP contribution in [0.4, 0.5) is 11.4 Å². The molecule has 4 aromatic carbocycles. The van der Waals surface area contributed by atoms with Gasteiger partial charge in [0.15, 0.2) is 0 Å². The van der Waals surface area contributed by atoms with Gasteiger partial charge in [0.1, 0.15) is 0 Å². The van der Waals surface area contributed by atoms with E-state index in [9.17, 15) is 0 Å². The summed E-state index contributed by atoms with van der Waals surface area (Å²) in [6.45, 7) is 0. The van der Waals surface area contributed by atoms with E-state index in [2.05, 4.69) is 111 Å². The van der Waals surface area contributed by atoms with E-state index in [1.807, 2.05) is 0 Å². The van der Waals surface area contributed by atoms with E-state index in [0.717, 1.165) is 0 Å². The zero-order chi connectivity index (χ0) is 19.0. The molecule has 27 heavy (non-hydrogen) atoms. The maximum atomic E-state index is 2.33. The van der Waals surface area contributed by atoms with Crippen molar-refractivity contribution in [1.29, 1.82) is 0 Å². The molecule has 0 unspecified atom stereocenters. The van der Waals surface area contributed by atoms with Crippen LogP contribution in [0.2, 0.25) is 0 Å². The van der Waals surface area contributed by atoms with E-state index in [-0.39, 0.29) is 0 Å². The summed E-state index contributed by atoms with van der Waals surface area (Å²) in [5, 5.41) is 5.48.